The molecule has 0 bridgehead atoms. The van der Waals surface area contributed by atoms with Gasteiger partial charge in [0.15, 0.2) is 0 Å². The van der Waals surface area contributed by atoms with Gasteiger partial charge in [0.25, 0.3) is 11.8 Å². The first-order chi connectivity index (χ1) is 12.1. The summed E-state index contributed by atoms with van der Waals surface area (Å²) >= 11 is 1.41. The normalized spacial score (nSPS) is 16.8. The molecule has 0 N–H and O–H groups in total. The molecule has 25 heavy (non-hydrogen) atoms. The maximum absolute atomic E-state index is 12.9. The maximum atomic E-state index is 12.9. The number of carbonyl (C=O) groups is 3. The third-order valence-corrected chi connectivity index (χ3v) is 4.51. The number of imide groups is 2. The fourth-order valence-electron chi connectivity index (χ4n) is 2.48. The van der Waals surface area contributed by atoms with E-state index in [-0.39, 0.29) is 18.7 Å². The number of rotatable bonds is 5. The Labute approximate surface area is 148 Å². The van der Waals surface area contributed by atoms with Crippen LogP contribution in [0.1, 0.15) is 4.88 Å². The number of methoxy groups -OCH3 is 1. The van der Waals surface area contributed by atoms with Crippen LogP contribution in [0.3, 0.4) is 0 Å². The van der Waals surface area contributed by atoms with Crippen molar-refractivity contribution < 1.29 is 19.1 Å². The van der Waals surface area contributed by atoms with Crippen molar-refractivity contribution in [1.29, 1.82) is 0 Å². The lowest BCUT2D eigenvalue weighted by Crippen LogP contribution is -2.57. The van der Waals surface area contributed by atoms with E-state index >= 15 is 0 Å². The van der Waals surface area contributed by atoms with Crippen LogP contribution >= 0.6 is 11.3 Å². The standard InChI is InChI=1S/C18H16N2O4S/c1-24-10-9-19-16(21)15(12-14-8-5-11-25-14)17(22)20(18(19)23)13-6-3-2-4-7-13/h2-8,11-12H,9-10H2,1H3/b15-12-. The number of barbiturate groups is 1. The van der Waals surface area contributed by atoms with Gasteiger partial charge in [-0.15, -0.1) is 11.3 Å². The Hall–Kier alpha value is -2.77. The molecule has 0 atom stereocenters. The van der Waals surface area contributed by atoms with Crippen molar-refractivity contribution in [3.05, 3.63) is 58.3 Å². The van der Waals surface area contributed by atoms with Gasteiger partial charge in [-0.1, -0.05) is 24.3 Å². The molecule has 128 valence electrons. The smallest absolute Gasteiger partial charge is 0.338 e. The number of thiophene rings is 1. The highest BCUT2D eigenvalue weighted by Crippen LogP contribution is 2.26. The van der Waals surface area contributed by atoms with Crippen LogP contribution in [0.4, 0.5) is 10.5 Å². The molecule has 1 aromatic carbocycles. The summed E-state index contributed by atoms with van der Waals surface area (Å²) in [6, 6.07) is 11.5. The molecule has 1 aromatic heterocycles. The first kappa shape index (κ1) is 17.1. The molecular weight excluding hydrogens is 340 g/mol. The van der Waals surface area contributed by atoms with Gasteiger partial charge < -0.3 is 4.74 Å². The lowest BCUT2D eigenvalue weighted by atomic mass is 10.1. The van der Waals surface area contributed by atoms with Gasteiger partial charge in [-0.25, -0.2) is 9.69 Å². The second-order valence-electron chi connectivity index (χ2n) is 5.28. The van der Waals surface area contributed by atoms with Gasteiger partial charge in [0.05, 0.1) is 18.8 Å². The second-order valence-corrected chi connectivity index (χ2v) is 6.26. The molecular formula is C18H16N2O4S. The van der Waals surface area contributed by atoms with E-state index in [1.54, 1.807) is 36.4 Å². The molecule has 3 rings (SSSR count). The molecule has 7 heteroatoms. The van der Waals surface area contributed by atoms with E-state index in [0.717, 1.165) is 14.7 Å². The Morgan fingerprint density at radius 3 is 2.44 bits per heavy atom. The molecule has 0 spiro atoms. The largest absolute Gasteiger partial charge is 0.383 e. The van der Waals surface area contributed by atoms with Gasteiger partial charge >= 0.3 is 6.03 Å². The third-order valence-electron chi connectivity index (χ3n) is 3.69. The molecule has 2 heterocycles. The number of ether oxygens (including phenoxy) is 1. The summed E-state index contributed by atoms with van der Waals surface area (Å²) in [5, 5.41) is 1.85. The average Bonchev–Trinajstić information content (AvgIpc) is 3.13. The number of carbonyl (C=O) groups excluding carboxylic acids is 3. The topological polar surface area (TPSA) is 66.9 Å². The van der Waals surface area contributed by atoms with Crippen LogP contribution in [-0.2, 0) is 14.3 Å². The summed E-state index contributed by atoms with van der Waals surface area (Å²) < 4.78 is 4.98. The average molecular weight is 356 g/mol. The van der Waals surface area contributed by atoms with Crippen molar-refractivity contribution in [3.8, 4) is 0 Å². The molecule has 0 unspecified atom stereocenters. The zero-order valence-corrected chi connectivity index (χ0v) is 14.4. The summed E-state index contributed by atoms with van der Waals surface area (Å²) in [6.45, 7) is 0.271. The highest BCUT2D eigenvalue weighted by molar-refractivity contribution is 7.10. The van der Waals surface area contributed by atoms with Crippen LogP contribution in [0.2, 0.25) is 0 Å². The Kier molecular flexibility index (Phi) is 5.06. The highest BCUT2D eigenvalue weighted by atomic mass is 32.1. The van der Waals surface area contributed by atoms with E-state index < -0.39 is 17.8 Å². The third kappa shape index (κ3) is 3.38. The number of hydrogen-bond acceptors (Lipinski definition) is 5. The van der Waals surface area contributed by atoms with Gasteiger partial charge in [-0.05, 0) is 29.7 Å². The van der Waals surface area contributed by atoms with Crippen LogP contribution in [0.25, 0.3) is 6.08 Å². The number of nitrogens with zero attached hydrogens (tertiary/aromatic N) is 2. The van der Waals surface area contributed by atoms with E-state index in [2.05, 4.69) is 0 Å². The molecule has 0 radical (unpaired) electrons. The highest BCUT2D eigenvalue weighted by Gasteiger charge is 2.42. The van der Waals surface area contributed by atoms with Gasteiger partial charge in [0.2, 0.25) is 0 Å². The summed E-state index contributed by atoms with van der Waals surface area (Å²) in [5.41, 5.74) is 0.381. The number of hydrogen-bond donors (Lipinski definition) is 0. The van der Waals surface area contributed by atoms with E-state index in [9.17, 15) is 14.4 Å². The zero-order chi connectivity index (χ0) is 17.8. The van der Waals surface area contributed by atoms with Crippen molar-refractivity contribution in [1.82, 2.24) is 4.90 Å². The number of benzene rings is 1. The summed E-state index contributed by atoms with van der Waals surface area (Å²) in [4.78, 5) is 41.1. The number of para-hydroxylation sites is 1. The molecule has 1 aliphatic heterocycles. The molecule has 1 saturated heterocycles. The van der Waals surface area contributed by atoms with Crippen LogP contribution in [0, 0.1) is 0 Å². The van der Waals surface area contributed by atoms with Crippen LogP contribution in [0.5, 0.6) is 0 Å². The quantitative estimate of drug-likeness (QED) is 0.610. The van der Waals surface area contributed by atoms with Crippen molar-refractivity contribution in [2.75, 3.05) is 25.2 Å². The first-order valence-corrected chi connectivity index (χ1v) is 8.51. The van der Waals surface area contributed by atoms with E-state index in [1.807, 2.05) is 11.4 Å². The fraction of sp³-hybridized carbons (Fsp3) is 0.167. The minimum absolute atomic E-state index is 0.0398. The Bertz CT molecular complexity index is 815. The van der Waals surface area contributed by atoms with Gasteiger partial charge in [0, 0.05) is 12.0 Å². The maximum Gasteiger partial charge on any atom is 0.338 e. The Balaban J connectivity index is 2.05. The molecule has 4 amide bonds. The Morgan fingerprint density at radius 1 is 1.04 bits per heavy atom. The lowest BCUT2D eigenvalue weighted by molar-refractivity contribution is -0.129. The van der Waals surface area contributed by atoms with Crippen molar-refractivity contribution in [2.45, 2.75) is 0 Å². The SMILES string of the molecule is COCCN1C(=O)/C(=C/c2cccs2)C(=O)N(c2ccccc2)C1=O. The summed E-state index contributed by atoms with van der Waals surface area (Å²) in [6.07, 6.45) is 1.53. The molecule has 1 fully saturated rings. The van der Waals surface area contributed by atoms with E-state index in [1.165, 1.54) is 24.5 Å². The van der Waals surface area contributed by atoms with Crippen LogP contribution < -0.4 is 4.90 Å². The van der Waals surface area contributed by atoms with E-state index in [4.69, 9.17) is 4.74 Å². The second kappa shape index (κ2) is 7.42. The minimum Gasteiger partial charge on any atom is -0.383 e. The minimum atomic E-state index is -0.665. The number of urea groups is 1. The predicted octanol–water partition coefficient (Wildman–Crippen LogP) is 2.77. The molecule has 1 aliphatic rings. The molecule has 0 saturated carbocycles. The van der Waals surface area contributed by atoms with Gasteiger partial charge in [-0.2, -0.15) is 0 Å². The van der Waals surface area contributed by atoms with Crippen molar-refractivity contribution >= 4 is 40.9 Å². The molecule has 0 aliphatic carbocycles. The Morgan fingerprint density at radius 2 is 1.80 bits per heavy atom. The zero-order valence-electron chi connectivity index (χ0n) is 13.5. The van der Waals surface area contributed by atoms with Crippen molar-refractivity contribution in [2.24, 2.45) is 0 Å². The first-order valence-electron chi connectivity index (χ1n) is 7.63. The van der Waals surface area contributed by atoms with Gasteiger partial charge in [0.1, 0.15) is 5.57 Å². The van der Waals surface area contributed by atoms with Crippen LogP contribution in [-0.4, -0.2) is 43.0 Å². The van der Waals surface area contributed by atoms with Crippen molar-refractivity contribution in [3.63, 3.8) is 0 Å². The molecule has 6 nitrogen and oxygen atoms in total. The van der Waals surface area contributed by atoms with Crippen LogP contribution in [0.15, 0.2) is 53.4 Å². The predicted molar refractivity (Wildman–Crippen MR) is 95.2 cm³/mol. The van der Waals surface area contributed by atoms with Gasteiger partial charge in [-0.3, -0.25) is 14.5 Å². The number of anilines is 1. The monoisotopic (exact) mass is 356 g/mol. The van der Waals surface area contributed by atoms with E-state index in [0.29, 0.717) is 5.69 Å². The molecule has 2 aromatic rings. The lowest BCUT2D eigenvalue weighted by Gasteiger charge is -2.33. The number of amides is 4. The fourth-order valence-corrected chi connectivity index (χ4v) is 3.13. The summed E-state index contributed by atoms with van der Waals surface area (Å²) in [5.74, 6) is -1.23. The summed E-state index contributed by atoms with van der Waals surface area (Å²) in [7, 11) is 1.49.